The largest absolute Gasteiger partial charge is 0.356 e. The second-order valence-corrected chi connectivity index (χ2v) is 3.69. The average Bonchev–Trinajstić information content (AvgIpc) is 2.82. The molecule has 0 aromatic carbocycles. The summed E-state index contributed by atoms with van der Waals surface area (Å²) in [7, 11) is 0. The molecule has 0 aromatic rings. The van der Waals surface area contributed by atoms with Gasteiger partial charge in [-0.1, -0.05) is 19.8 Å². The fourth-order valence-corrected chi connectivity index (χ4v) is 1.34. The highest BCUT2D eigenvalue weighted by Crippen LogP contribution is 2.33. The van der Waals surface area contributed by atoms with Crippen molar-refractivity contribution in [2.75, 3.05) is 6.54 Å². The molecule has 1 aliphatic rings. The van der Waals surface area contributed by atoms with Crippen LogP contribution in [0.1, 0.15) is 45.4 Å². The van der Waals surface area contributed by atoms with Gasteiger partial charge in [0.1, 0.15) is 0 Å². The van der Waals surface area contributed by atoms with Gasteiger partial charge in [0.2, 0.25) is 5.91 Å². The molecule has 0 heterocycles. The summed E-state index contributed by atoms with van der Waals surface area (Å²) in [6.45, 7) is 2.92. The van der Waals surface area contributed by atoms with Crippen molar-refractivity contribution >= 4 is 5.91 Å². The molecule has 2 nitrogen and oxygen atoms in total. The highest BCUT2D eigenvalue weighted by atomic mass is 16.1. The first kappa shape index (κ1) is 9.56. The zero-order valence-corrected chi connectivity index (χ0v) is 7.94. The number of amides is 1. The van der Waals surface area contributed by atoms with Crippen molar-refractivity contribution in [3.8, 4) is 0 Å². The van der Waals surface area contributed by atoms with Gasteiger partial charge in [0.25, 0.3) is 0 Å². The van der Waals surface area contributed by atoms with Crippen molar-refractivity contribution in [2.45, 2.75) is 45.4 Å². The van der Waals surface area contributed by atoms with Crippen LogP contribution in [0.5, 0.6) is 0 Å². The van der Waals surface area contributed by atoms with Gasteiger partial charge in [0, 0.05) is 13.0 Å². The van der Waals surface area contributed by atoms with Gasteiger partial charge >= 0.3 is 0 Å². The normalized spacial score (nSPS) is 16.1. The second-order valence-electron chi connectivity index (χ2n) is 3.69. The maximum atomic E-state index is 11.0. The molecule has 0 aromatic heterocycles. The summed E-state index contributed by atoms with van der Waals surface area (Å²) in [5.74, 6) is 1.21. The molecular weight excluding hydrogens is 150 g/mol. The fourth-order valence-electron chi connectivity index (χ4n) is 1.34. The summed E-state index contributed by atoms with van der Waals surface area (Å²) < 4.78 is 0. The summed E-state index contributed by atoms with van der Waals surface area (Å²) in [6, 6.07) is 0. The first-order chi connectivity index (χ1) is 5.83. The Hall–Kier alpha value is -0.530. The van der Waals surface area contributed by atoms with Crippen molar-refractivity contribution < 1.29 is 4.79 Å². The van der Waals surface area contributed by atoms with E-state index in [1.54, 1.807) is 0 Å². The zero-order valence-electron chi connectivity index (χ0n) is 7.94. The summed E-state index contributed by atoms with van der Waals surface area (Å²) in [6.07, 6.45) is 6.95. The van der Waals surface area contributed by atoms with Crippen molar-refractivity contribution in [3.63, 3.8) is 0 Å². The number of nitrogens with one attached hydrogen (secondary N) is 1. The number of carbonyl (C=O) groups excluding carboxylic acids is 1. The summed E-state index contributed by atoms with van der Waals surface area (Å²) in [5.41, 5.74) is 0. The maximum absolute atomic E-state index is 11.0. The van der Waals surface area contributed by atoms with Gasteiger partial charge in [0.15, 0.2) is 0 Å². The molecule has 1 saturated carbocycles. The molecule has 1 N–H and O–H groups in total. The van der Waals surface area contributed by atoms with Gasteiger partial charge in [-0.2, -0.15) is 0 Å². The lowest BCUT2D eigenvalue weighted by molar-refractivity contribution is -0.121. The van der Waals surface area contributed by atoms with Crippen LogP contribution in [0.2, 0.25) is 0 Å². The third-order valence-corrected chi connectivity index (χ3v) is 2.29. The van der Waals surface area contributed by atoms with Crippen molar-refractivity contribution in [1.29, 1.82) is 0 Å². The molecule has 2 heteroatoms. The van der Waals surface area contributed by atoms with E-state index in [0.717, 1.165) is 18.9 Å². The minimum Gasteiger partial charge on any atom is -0.356 e. The molecule has 1 fully saturated rings. The SMILES string of the molecule is CCCC(=O)NCCCC1CC1. The second kappa shape index (κ2) is 5.18. The quantitative estimate of drug-likeness (QED) is 0.606. The van der Waals surface area contributed by atoms with Crippen LogP contribution in [-0.4, -0.2) is 12.5 Å². The van der Waals surface area contributed by atoms with E-state index >= 15 is 0 Å². The molecule has 0 atom stereocenters. The lowest BCUT2D eigenvalue weighted by atomic mass is 10.2. The van der Waals surface area contributed by atoms with E-state index in [4.69, 9.17) is 0 Å². The predicted molar refractivity (Wildman–Crippen MR) is 49.9 cm³/mol. The Morgan fingerprint density at radius 1 is 1.50 bits per heavy atom. The number of hydrogen-bond donors (Lipinski definition) is 1. The molecule has 0 bridgehead atoms. The summed E-state index contributed by atoms with van der Waals surface area (Å²) in [5, 5.41) is 2.93. The standard InChI is InChI=1S/C10H19NO/c1-2-4-10(12)11-8-3-5-9-6-7-9/h9H,2-8H2,1H3,(H,11,12). The molecule has 0 radical (unpaired) electrons. The Kier molecular flexibility index (Phi) is 4.12. The van der Waals surface area contributed by atoms with Gasteiger partial charge in [0.05, 0.1) is 0 Å². The molecule has 1 rings (SSSR count). The van der Waals surface area contributed by atoms with E-state index in [2.05, 4.69) is 5.32 Å². The first-order valence-corrected chi connectivity index (χ1v) is 5.09. The van der Waals surface area contributed by atoms with E-state index in [1.165, 1.54) is 25.7 Å². The molecule has 0 spiro atoms. The van der Waals surface area contributed by atoms with Gasteiger partial charge in [-0.25, -0.2) is 0 Å². The lowest BCUT2D eigenvalue weighted by Crippen LogP contribution is -2.23. The Balaban J connectivity index is 1.83. The van der Waals surface area contributed by atoms with Crippen LogP contribution in [0.15, 0.2) is 0 Å². The topological polar surface area (TPSA) is 29.1 Å². The smallest absolute Gasteiger partial charge is 0.219 e. The van der Waals surface area contributed by atoms with Gasteiger partial charge in [-0.15, -0.1) is 0 Å². The Bertz CT molecular complexity index is 141. The van der Waals surface area contributed by atoms with Crippen LogP contribution in [0.3, 0.4) is 0 Å². The van der Waals surface area contributed by atoms with E-state index in [1.807, 2.05) is 6.92 Å². The minimum atomic E-state index is 0.216. The predicted octanol–water partition coefficient (Wildman–Crippen LogP) is 2.09. The highest BCUT2D eigenvalue weighted by molar-refractivity contribution is 5.75. The van der Waals surface area contributed by atoms with E-state index in [-0.39, 0.29) is 5.91 Å². The van der Waals surface area contributed by atoms with E-state index < -0.39 is 0 Å². The van der Waals surface area contributed by atoms with Crippen LogP contribution in [0.25, 0.3) is 0 Å². The molecule has 1 aliphatic carbocycles. The molecule has 0 saturated heterocycles. The molecule has 1 amide bonds. The average molecular weight is 169 g/mol. The molecule has 70 valence electrons. The monoisotopic (exact) mass is 169 g/mol. The van der Waals surface area contributed by atoms with E-state index in [0.29, 0.717) is 6.42 Å². The number of hydrogen-bond acceptors (Lipinski definition) is 1. The number of carbonyl (C=O) groups is 1. The highest BCUT2D eigenvalue weighted by Gasteiger charge is 2.19. The zero-order chi connectivity index (χ0) is 8.81. The Morgan fingerprint density at radius 3 is 2.83 bits per heavy atom. The molecular formula is C10H19NO. The number of rotatable bonds is 6. The van der Waals surface area contributed by atoms with Crippen LogP contribution in [0, 0.1) is 5.92 Å². The van der Waals surface area contributed by atoms with Crippen LogP contribution < -0.4 is 5.32 Å². The van der Waals surface area contributed by atoms with Crippen LogP contribution in [0.4, 0.5) is 0 Å². The lowest BCUT2D eigenvalue weighted by Gasteiger charge is -2.02. The molecule has 0 unspecified atom stereocenters. The minimum absolute atomic E-state index is 0.216. The van der Waals surface area contributed by atoms with Gasteiger partial charge < -0.3 is 5.32 Å². The molecule has 0 aliphatic heterocycles. The van der Waals surface area contributed by atoms with Gasteiger partial charge in [-0.3, -0.25) is 4.79 Å². The maximum Gasteiger partial charge on any atom is 0.219 e. The van der Waals surface area contributed by atoms with E-state index in [9.17, 15) is 4.79 Å². The first-order valence-electron chi connectivity index (χ1n) is 5.09. The fraction of sp³-hybridized carbons (Fsp3) is 0.900. The summed E-state index contributed by atoms with van der Waals surface area (Å²) in [4.78, 5) is 11.0. The van der Waals surface area contributed by atoms with Crippen LogP contribution >= 0.6 is 0 Å². The summed E-state index contributed by atoms with van der Waals surface area (Å²) >= 11 is 0. The van der Waals surface area contributed by atoms with Gasteiger partial charge in [-0.05, 0) is 25.2 Å². The Morgan fingerprint density at radius 2 is 2.25 bits per heavy atom. The third-order valence-electron chi connectivity index (χ3n) is 2.29. The Labute approximate surface area is 74.7 Å². The van der Waals surface area contributed by atoms with Crippen LogP contribution in [-0.2, 0) is 4.79 Å². The van der Waals surface area contributed by atoms with Crippen molar-refractivity contribution in [1.82, 2.24) is 5.32 Å². The third kappa shape index (κ3) is 4.37. The molecule has 12 heavy (non-hydrogen) atoms. The van der Waals surface area contributed by atoms with Crippen molar-refractivity contribution in [3.05, 3.63) is 0 Å². The van der Waals surface area contributed by atoms with Crippen molar-refractivity contribution in [2.24, 2.45) is 5.92 Å².